The smallest absolute Gasteiger partial charge is 0.417 e. The van der Waals surface area contributed by atoms with E-state index in [1.54, 1.807) is 4.90 Å². The van der Waals surface area contributed by atoms with Crippen molar-refractivity contribution < 1.29 is 36.3 Å². The predicted octanol–water partition coefficient (Wildman–Crippen LogP) is 3.63. The van der Waals surface area contributed by atoms with Gasteiger partial charge in [0.1, 0.15) is 11.9 Å². The van der Waals surface area contributed by atoms with E-state index in [1.165, 1.54) is 12.4 Å². The Balaban J connectivity index is 1.79. The third-order valence-electron chi connectivity index (χ3n) is 4.73. The van der Waals surface area contributed by atoms with E-state index < -0.39 is 42.8 Å². The summed E-state index contributed by atoms with van der Waals surface area (Å²) in [5.74, 6) is -0.477. The largest absolute Gasteiger partial charge is 0.446 e. The Bertz CT molecular complexity index is 958. The molecule has 1 saturated heterocycles. The number of rotatable bonds is 5. The SMILES string of the molecule is CNC(=O)c1csc2c(C(F)(F)F)cc(N3CCC(OC(=O)NCC(F)F)CC3)nc12. The maximum Gasteiger partial charge on any atom is 0.417 e. The second-order valence-electron chi connectivity index (χ2n) is 6.80. The van der Waals surface area contributed by atoms with Crippen molar-refractivity contribution in [3.05, 3.63) is 22.6 Å². The molecule has 2 aromatic rings. The lowest BCUT2D eigenvalue weighted by atomic mass is 10.1. The van der Waals surface area contributed by atoms with Gasteiger partial charge in [-0.1, -0.05) is 0 Å². The molecule has 0 radical (unpaired) electrons. The van der Waals surface area contributed by atoms with E-state index >= 15 is 0 Å². The van der Waals surface area contributed by atoms with Gasteiger partial charge in [0, 0.05) is 38.4 Å². The summed E-state index contributed by atoms with van der Waals surface area (Å²) < 4.78 is 70.1. The van der Waals surface area contributed by atoms with Crippen molar-refractivity contribution in [2.45, 2.75) is 31.5 Å². The number of hydrogen-bond donors (Lipinski definition) is 2. The molecule has 7 nitrogen and oxygen atoms in total. The van der Waals surface area contributed by atoms with Gasteiger partial charge >= 0.3 is 12.3 Å². The normalized spacial score (nSPS) is 15.4. The minimum Gasteiger partial charge on any atom is -0.446 e. The standard InChI is InChI=1S/C18H19F5N4O3S/c1-24-16(28)10-8-31-15-11(18(21,22)23)6-13(26-14(10)15)27-4-2-9(3-5-27)30-17(29)25-7-12(19)20/h6,8-9,12H,2-5,7H2,1H3,(H,24,28)(H,25,29). The summed E-state index contributed by atoms with van der Waals surface area (Å²) in [7, 11) is 1.38. The summed E-state index contributed by atoms with van der Waals surface area (Å²) in [6.45, 7) is -0.347. The third kappa shape index (κ3) is 5.32. The number of amides is 2. The van der Waals surface area contributed by atoms with Crippen LogP contribution in [0.1, 0.15) is 28.8 Å². The summed E-state index contributed by atoms with van der Waals surface area (Å²) in [6, 6.07) is 0.947. The Labute approximate surface area is 177 Å². The number of thiophene rings is 1. The molecule has 2 aromatic heterocycles. The molecule has 2 amide bonds. The van der Waals surface area contributed by atoms with Crippen LogP contribution in [0.2, 0.25) is 0 Å². The Hall–Kier alpha value is -2.70. The number of carbonyl (C=O) groups is 2. The number of carbonyl (C=O) groups excluding carboxylic acids is 2. The van der Waals surface area contributed by atoms with Gasteiger partial charge in [-0.15, -0.1) is 11.3 Å². The van der Waals surface area contributed by atoms with E-state index in [1.807, 2.05) is 5.32 Å². The van der Waals surface area contributed by atoms with Gasteiger partial charge in [-0.3, -0.25) is 4.79 Å². The lowest BCUT2D eigenvalue weighted by Crippen LogP contribution is -2.40. The molecule has 1 fully saturated rings. The number of anilines is 1. The highest BCUT2D eigenvalue weighted by atomic mass is 32.1. The highest BCUT2D eigenvalue weighted by Gasteiger charge is 2.36. The molecule has 0 spiro atoms. The van der Waals surface area contributed by atoms with E-state index in [0.717, 1.165) is 17.4 Å². The molecule has 2 N–H and O–H groups in total. The third-order valence-corrected chi connectivity index (χ3v) is 5.73. The summed E-state index contributed by atoms with van der Waals surface area (Å²) in [4.78, 5) is 29.5. The highest BCUT2D eigenvalue weighted by molar-refractivity contribution is 7.17. The Morgan fingerprint density at radius 1 is 1.32 bits per heavy atom. The number of ether oxygens (including phenoxy) is 1. The molecule has 0 bridgehead atoms. The van der Waals surface area contributed by atoms with E-state index in [0.29, 0.717) is 0 Å². The van der Waals surface area contributed by atoms with Crippen LogP contribution in [0.5, 0.6) is 0 Å². The zero-order chi connectivity index (χ0) is 22.8. The molecule has 0 atom stereocenters. The van der Waals surface area contributed by atoms with Gasteiger partial charge in [-0.05, 0) is 6.07 Å². The lowest BCUT2D eigenvalue weighted by Gasteiger charge is -2.32. The van der Waals surface area contributed by atoms with Gasteiger partial charge in [0.15, 0.2) is 0 Å². The average molecular weight is 466 g/mol. The number of pyridine rings is 1. The molecule has 1 aliphatic rings. The number of fused-ring (bicyclic) bond motifs is 1. The van der Waals surface area contributed by atoms with Crippen LogP contribution < -0.4 is 15.5 Å². The van der Waals surface area contributed by atoms with Gasteiger partial charge in [0.05, 0.1) is 27.9 Å². The number of halogens is 5. The number of alkyl halides is 5. The molecular weight excluding hydrogens is 447 g/mol. The monoisotopic (exact) mass is 466 g/mol. The zero-order valence-corrected chi connectivity index (χ0v) is 17.1. The van der Waals surface area contributed by atoms with Crippen molar-refractivity contribution in [2.24, 2.45) is 0 Å². The van der Waals surface area contributed by atoms with Crippen molar-refractivity contribution in [1.29, 1.82) is 0 Å². The van der Waals surface area contributed by atoms with Crippen LogP contribution in [-0.2, 0) is 10.9 Å². The van der Waals surface area contributed by atoms with Gasteiger partial charge in [0.2, 0.25) is 0 Å². The minimum atomic E-state index is -4.63. The molecule has 3 rings (SSSR count). The molecule has 170 valence electrons. The second kappa shape index (κ2) is 9.20. The first-order valence-electron chi connectivity index (χ1n) is 9.29. The van der Waals surface area contributed by atoms with Crippen LogP contribution >= 0.6 is 11.3 Å². The number of alkyl carbamates (subject to hydrolysis) is 1. The fraction of sp³-hybridized carbons (Fsp3) is 0.500. The first-order chi connectivity index (χ1) is 14.6. The molecule has 0 saturated carbocycles. The van der Waals surface area contributed by atoms with Gasteiger partial charge in [-0.25, -0.2) is 18.6 Å². The quantitative estimate of drug-likeness (QED) is 0.658. The first kappa shape index (κ1) is 23.0. The molecular formula is C18H19F5N4O3S. The summed E-state index contributed by atoms with van der Waals surface area (Å²) in [6.07, 6.45) is -8.28. The van der Waals surface area contributed by atoms with Crippen LogP contribution in [0.25, 0.3) is 10.2 Å². The molecule has 13 heteroatoms. The topological polar surface area (TPSA) is 83.6 Å². The van der Waals surface area contributed by atoms with E-state index in [4.69, 9.17) is 4.74 Å². The molecule has 31 heavy (non-hydrogen) atoms. The Morgan fingerprint density at radius 2 is 2.00 bits per heavy atom. The van der Waals surface area contributed by atoms with Crippen molar-refractivity contribution >= 4 is 39.4 Å². The summed E-state index contributed by atoms with van der Waals surface area (Å²) >= 11 is 0.801. The first-order valence-corrected chi connectivity index (χ1v) is 10.2. The van der Waals surface area contributed by atoms with Crippen LogP contribution in [-0.4, -0.2) is 56.2 Å². The summed E-state index contributed by atoms with van der Waals surface area (Å²) in [5, 5.41) is 5.67. The molecule has 1 aliphatic heterocycles. The van der Waals surface area contributed by atoms with Crippen molar-refractivity contribution in [1.82, 2.24) is 15.6 Å². The Kier molecular flexibility index (Phi) is 6.82. The van der Waals surface area contributed by atoms with Gasteiger partial charge in [0.25, 0.3) is 12.3 Å². The van der Waals surface area contributed by atoms with E-state index in [2.05, 4.69) is 10.3 Å². The maximum atomic E-state index is 13.6. The highest BCUT2D eigenvalue weighted by Crippen LogP contribution is 2.40. The summed E-state index contributed by atoms with van der Waals surface area (Å²) in [5.41, 5.74) is -0.847. The van der Waals surface area contributed by atoms with Gasteiger partial charge < -0.3 is 20.3 Å². The molecule has 0 unspecified atom stereocenters. The van der Waals surface area contributed by atoms with Crippen molar-refractivity contribution in [3.8, 4) is 0 Å². The fourth-order valence-corrected chi connectivity index (χ4v) is 4.24. The fourth-order valence-electron chi connectivity index (χ4n) is 3.22. The lowest BCUT2D eigenvalue weighted by molar-refractivity contribution is -0.136. The minimum absolute atomic E-state index is 0.0288. The predicted molar refractivity (Wildman–Crippen MR) is 104 cm³/mol. The second-order valence-corrected chi connectivity index (χ2v) is 7.68. The van der Waals surface area contributed by atoms with E-state index in [9.17, 15) is 31.5 Å². The van der Waals surface area contributed by atoms with Gasteiger partial charge in [-0.2, -0.15) is 13.2 Å². The number of hydrogen-bond acceptors (Lipinski definition) is 6. The molecule has 0 aliphatic carbocycles. The number of nitrogens with zero attached hydrogens (tertiary/aromatic N) is 2. The average Bonchev–Trinajstić information content (AvgIpc) is 3.14. The Morgan fingerprint density at radius 3 is 2.58 bits per heavy atom. The maximum absolute atomic E-state index is 13.6. The zero-order valence-electron chi connectivity index (χ0n) is 16.3. The van der Waals surface area contributed by atoms with Crippen LogP contribution in [0, 0.1) is 0 Å². The van der Waals surface area contributed by atoms with Crippen LogP contribution in [0.3, 0.4) is 0 Å². The molecule has 3 heterocycles. The molecule has 0 aromatic carbocycles. The number of aromatic nitrogens is 1. The van der Waals surface area contributed by atoms with Crippen LogP contribution in [0.15, 0.2) is 11.4 Å². The van der Waals surface area contributed by atoms with Crippen molar-refractivity contribution in [2.75, 3.05) is 31.6 Å². The number of nitrogens with one attached hydrogen (secondary N) is 2. The van der Waals surface area contributed by atoms with E-state index in [-0.39, 0.29) is 47.5 Å². The number of piperidine rings is 1. The van der Waals surface area contributed by atoms with Crippen molar-refractivity contribution in [3.63, 3.8) is 0 Å². The van der Waals surface area contributed by atoms with Crippen LogP contribution in [0.4, 0.5) is 32.6 Å².